The molecule has 0 unspecified atom stereocenters. The average Bonchev–Trinajstić information content (AvgIpc) is 2.71. The normalized spacial score (nSPS) is 10.5. The smallest absolute Gasteiger partial charge is 0.347 e. The molecule has 0 heterocycles. The van der Waals surface area contributed by atoms with Gasteiger partial charge in [0.25, 0.3) is 5.91 Å². The topological polar surface area (TPSA) is 86.2 Å². The largest absolute Gasteiger partial charge is 0.497 e. The van der Waals surface area contributed by atoms with E-state index in [0.29, 0.717) is 0 Å². The molecule has 2 rings (SSSR count). The maximum Gasteiger partial charge on any atom is 0.347 e. The number of carbonyl (C=O) groups excluding carboxylic acids is 2. The first-order chi connectivity index (χ1) is 13.5. The van der Waals surface area contributed by atoms with Crippen molar-refractivity contribution in [3.63, 3.8) is 0 Å². The number of carbonyl (C=O) groups is 2. The Kier molecular flexibility index (Phi) is 8.02. The van der Waals surface area contributed by atoms with Crippen LogP contribution in [0.15, 0.2) is 47.6 Å². The van der Waals surface area contributed by atoms with Gasteiger partial charge in [0, 0.05) is 5.69 Å². The van der Waals surface area contributed by atoms with Crippen molar-refractivity contribution >= 4 is 23.8 Å². The minimum atomic E-state index is -0.678. The zero-order chi connectivity index (χ0) is 20.4. The van der Waals surface area contributed by atoms with Crippen molar-refractivity contribution in [2.75, 3.05) is 25.6 Å². The van der Waals surface area contributed by atoms with Crippen LogP contribution in [0.5, 0.6) is 5.75 Å². The molecule has 0 radical (unpaired) electrons. The van der Waals surface area contributed by atoms with Crippen LogP contribution >= 0.6 is 0 Å². The third-order valence-electron chi connectivity index (χ3n) is 3.94. The second-order valence-electron chi connectivity index (χ2n) is 5.95. The number of ether oxygens (including phenoxy) is 2. The second kappa shape index (κ2) is 10.7. The summed E-state index contributed by atoms with van der Waals surface area (Å²) in [5.41, 5.74) is 3.52. The van der Waals surface area contributed by atoms with Gasteiger partial charge in [0.1, 0.15) is 5.75 Å². The van der Waals surface area contributed by atoms with Crippen LogP contribution < -0.4 is 10.1 Å². The predicted octanol–water partition coefficient (Wildman–Crippen LogP) is 3.10. The highest BCUT2D eigenvalue weighted by Crippen LogP contribution is 2.20. The number of hydrogen-bond acceptors (Lipinski definition) is 6. The maximum absolute atomic E-state index is 12.0. The summed E-state index contributed by atoms with van der Waals surface area (Å²) in [4.78, 5) is 28.6. The average molecular weight is 384 g/mol. The number of amides is 1. The number of benzene rings is 2. The molecule has 148 valence electrons. The van der Waals surface area contributed by atoms with Crippen LogP contribution in [-0.4, -0.2) is 38.4 Å². The number of anilines is 1. The van der Waals surface area contributed by atoms with Gasteiger partial charge in [-0.1, -0.05) is 30.3 Å². The Hall–Kier alpha value is -3.35. The fourth-order valence-electron chi connectivity index (χ4n) is 2.44. The first kappa shape index (κ1) is 21.0. The molecule has 1 amide bonds. The Morgan fingerprint density at radius 2 is 1.86 bits per heavy atom. The standard InChI is InChI=1S/C21H24N2O5/c1-4-17-7-5-6-15(2)21(17)23-19(24)13-27-20(25)14-28-22-12-16-8-10-18(26-3)11-9-16/h5-12H,4,13-14H2,1-3H3,(H,23,24)/b22-12-. The summed E-state index contributed by atoms with van der Waals surface area (Å²) in [6.07, 6.45) is 2.25. The third-order valence-corrected chi connectivity index (χ3v) is 3.94. The van der Waals surface area contributed by atoms with Crippen LogP contribution in [0.1, 0.15) is 23.6 Å². The van der Waals surface area contributed by atoms with Gasteiger partial charge in [0.05, 0.1) is 13.3 Å². The van der Waals surface area contributed by atoms with Gasteiger partial charge in [-0.3, -0.25) is 4.79 Å². The van der Waals surface area contributed by atoms with Gasteiger partial charge in [-0.2, -0.15) is 0 Å². The first-order valence-electron chi connectivity index (χ1n) is 8.86. The summed E-state index contributed by atoms with van der Waals surface area (Å²) in [5.74, 6) is -0.349. The van der Waals surface area contributed by atoms with Gasteiger partial charge in [-0.15, -0.1) is 0 Å². The lowest BCUT2D eigenvalue weighted by Crippen LogP contribution is -2.23. The third kappa shape index (κ3) is 6.42. The van der Waals surface area contributed by atoms with Crippen molar-refractivity contribution in [2.24, 2.45) is 5.16 Å². The first-order valence-corrected chi connectivity index (χ1v) is 8.86. The van der Waals surface area contributed by atoms with Crippen LogP contribution in [-0.2, 0) is 25.6 Å². The summed E-state index contributed by atoms with van der Waals surface area (Å²) in [6, 6.07) is 13.0. The fourth-order valence-corrected chi connectivity index (χ4v) is 2.44. The van der Waals surface area contributed by atoms with Crippen LogP contribution in [0.4, 0.5) is 5.69 Å². The fraction of sp³-hybridized carbons (Fsp3) is 0.286. The summed E-state index contributed by atoms with van der Waals surface area (Å²) in [5, 5.41) is 6.49. The van der Waals surface area contributed by atoms with E-state index >= 15 is 0 Å². The molecule has 0 aliphatic heterocycles. The van der Waals surface area contributed by atoms with Gasteiger partial charge >= 0.3 is 5.97 Å². The summed E-state index contributed by atoms with van der Waals surface area (Å²) >= 11 is 0. The summed E-state index contributed by atoms with van der Waals surface area (Å²) in [7, 11) is 1.59. The minimum absolute atomic E-state index is 0.384. The Morgan fingerprint density at radius 3 is 2.54 bits per heavy atom. The zero-order valence-electron chi connectivity index (χ0n) is 16.2. The van der Waals surface area contributed by atoms with Crippen molar-refractivity contribution in [1.82, 2.24) is 0 Å². The molecule has 0 saturated carbocycles. The van der Waals surface area contributed by atoms with E-state index in [0.717, 1.165) is 34.5 Å². The number of nitrogens with one attached hydrogen (secondary N) is 1. The summed E-state index contributed by atoms with van der Waals surface area (Å²) in [6.45, 7) is 3.15. The molecular formula is C21H24N2O5. The molecule has 0 aliphatic rings. The molecule has 2 aromatic rings. The van der Waals surface area contributed by atoms with Crippen molar-refractivity contribution in [2.45, 2.75) is 20.3 Å². The van der Waals surface area contributed by atoms with E-state index in [1.807, 2.05) is 32.0 Å². The van der Waals surface area contributed by atoms with Crippen molar-refractivity contribution in [3.05, 3.63) is 59.2 Å². The molecular weight excluding hydrogens is 360 g/mol. The minimum Gasteiger partial charge on any atom is -0.497 e. The van der Waals surface area contributed by atoms with Crippen molar-refractivity contribution < 1.29 is 23.9 Å². The molecule has 2 aromatic carbocycles. The van der Waals surface area contributed by atoms with Gasteiger partial charge < -0.3 is 19.6 Å². The van der Waals surface area contributed by atoms with E-state index in [9.17, 15) is 9.59 Å². The van der Waals surface area contributed by atoms with Crippen molar-refractivity contribution in [3.8, 4) is 5.75 Å². The highest BCUT2D eigenvalue weighted by molar-refractivity contribution is 5.94. The molecule has 0 spiro atoms. The molecule has 7 nitrogen and oxygen atoms in total. The van der Waals surface area contributed by atoms with Gasteiger partial charge in [0.15, 0.2) is 6.61 Å². The maximum atomic E-state index is 12.0. The molecule has 0 atom stereocenters. The highest BCUT2D eigenvalue weighted by atomic mass is 16.7. The lowest BCUT2D eigenvalue weighted by Gasteiger charge is -2.12. The number of oxime groups is 1. The van der Waals surface area contributed by atoms with E-state index in [1.54, 1.807) is 31.4 Å². The molecule has 0 fully saturated rings. The Bertz CT molecular complexity index is 831. The van der Waals surface area contributed by atoms with E-state index in [1.165, 1.54) is 6.21 Å². The van der Waals surface area contributed by atoms with E-state index < -0.39 is 11.9 Å². The van der Waals surface area contributed by atoms with Crippen LogP contribution in [0.25, 0.3) is 0 Å². The number of methoxy groups -OCH3 is 1. The second-order valence-corrected chi connectivity index (χ2v) is 5.95. The van der Waals surface area contributed by atoms with Crippen LogP contribution in [0.2, 0.25) is 0 Å². The monoisotopic (exact) mass is 384 g/mol. The number of para-hydroxylation sites is 1. The zero-order valence-corrected chi connectivity index (χ0v) is 16.2. The Labute approximate surface area is 164 Å². The van der Waals surface area contributed by atoms with E-state index in [4.69, 9.17) is 14.3 Å². The molecule has 1 N–H and O–H groups in total. The number of aryl methyl sites for hydroxylation is 2. The van der Waals surface area contributed by atoms with Crippen molar-refractivity contribution in [1.29, 1.82) is 0 Å². The SMILES string of the molecule is CCc1cccc(C)c1NC(=O)COC(=O)CO/N=C\c1ccc(OC)cc1. The van der Waals surface area contributed by atoms with Crippen LogP contribution in [0.3, 0.4) is 0 Å². The number of rotatable bonds is 9. The molecule has 0 bridgehead atoms. The highest BCUT2D eigenvalue weighted by Gasteiger charge is 2.11. The molecule has 0 saturated heterocycles. The van der Waals surface area contributed by atoms with Gasteiger partial charge in [0.2, 0.25) is 6.61 Å². The molecule has 0 aliphatic carbocycles. The van der Waals surface area contributed by atoms with Gasteiger partial charge in [-0.05, 0) is 54.3 Å². The lowest BCUT2D eigenvalue weighted by atomic mass is 10.1. The number of nitrogens with zero attached hydrogens (tertiary/aromatic N) is 1. The lowest BCUT2D eigenvalue weighted by molar-refractivity contribution is -0.151. The van der Waals surface area contributed by atoms with E-state index in [2.05, 4.69) is 10.5 Å². The summed E-state index contributed by atoms with van der Waals surface area (Å²) < 4.78 is 9.97. The molecule has 7 heteroatoms. The predicted molar refractivity (Wildman–Crippen MR) is 107 cm³/mol. The Morgan fingerprint density at radius 1 is 1.11 bits per heavy atom. The number of hydrogen-bond donors (Lipinski definition) is 1. The number of esters is 1. The molecule has 28 heavy (non-hydrogen) atoms. The van der Waals surface area contributed by atoms with Crippen LogP contribution in [0, 0.1) is 6.92 Å². The van der Waals surface area contributed by atoms with Gasteiger partial charge in [-0.25, -0.2) is 4.79 Å². The van der Waals surface area contributed by atoms with E-state index in [-0.39, 0.29) is 13.2 Å². The quantitative estimate of drug-likeness (QED) is 0.408. The Balaban J connectivity index is 1.73. The molecule has 0 aromatic heterocycles.